The Kier molecular flexibility index (Phi) is 5.78. The number of primary amides is 1. The molecule has 0 unspecified atom stereocenters. The average molecular weight is 383 g/mol. The van der Waals surface area contributed by atoms with E-state index < -0.39 is 12.0 Å². The number of rotatable bonds is 7. The van der Waals surface area contributed by atoms with Crippen LogP contribution in [0.3, 0.4) is 0 Å². The second-order valence-corrected chi connectivity index (χ2v) is 6.51. The summed E-state index contributed by atoms with van der Waals surface area (Å²) in [5, 5.41) is 11.4. The van der Waals surface area contributed by atoms with Crippen molar-refractivity contribution in [1.29, 1.82) is 0 Å². The normalized spacial score (nSPS) is 13.0. The third kappa shape index (κ3) is 4.79. The molecule has 0 atom stereocenters. The van der Waals surface area contributed by atoms with Crippen LogP contribution in [0, 0.1) is 0 Å². The van der Waals surface area contributed by atoms with E-state index in [4.69, 9.17) is 15.6 Å². The summed E-state index contributed by atoms with van der Waals surface area (Å²) in [6, 6.07) is 12.2. The van der Waals surface area contributed by atoms with Crippen LogP contribution in [0.2, 0.25) is 0 Å². The molecule has 146 valence electrons. The first kappa shape index (κ1) is 19.2. The summed E-state index contributed by atoms with van der Waals surface area (Å²) >= 11 is 0. The smallest absolute Gasteiger partial charge is 0.323 e. The number of benzene rings is 2. The predicted molar refractivity (Wildman–Crippen MR) is 101 cm³/mol. The van der Waals surface area contributed by atoms with Gasteiger partial charge < -0.3 is 25.8 Å². The summed E-state index contributed by atoms with van der Waals surface area (Å²) in [5.41, 5.74) is 8.32. The molecule has 4 N–H and O–H groups in total. The predicted octanol–water partition coefficient (Wildman–Crippen LogP) is 1.52. The molecule has 2 aromatic rings. The maximum atomic E-state index is 12.4. The molecule has 8 nitrogen and oxygen atoms in total. The molecule has 1 aliphatic heterocycles. The lowest BCUT2D eigenvalue weighted by molar-refractivity contribution is -0.137. The number of ether oxygens (including phenoxy) is 1. The molecule has 2 aromatic carbocycles. The van der Waals surface area contributed by atoms with Crippen LogP contribution < -0.4 is 15.8 Å². The lowest BCUT2D eigenvalue weighted by Gasteiger charge is -2.27. The molecule has 0 saturated heterocycles. The van der Waals surface area contributed by atoms with Crippen molar-refractivity contribution in [3.8, 4) is 5.75 Å². The van der Waals surface area contributed by atoms with E-state index in [2.05, 4.69) is 5.32 Å². The minimum absolute atomic E-state index is 0.268. The average Bonchev–Trinajstić information content (AvgIpc) is 2.67. The van der Waals surface area contributed by atoms with E-state index >= 15 is 0 Å². The van der Waals surface area contributed by atoms with Gasteiger partial charge in [0.15, 0.2) is 0 Å². The summed E-state index contributed by atoms with van der Waals surface area (Å²) in [6.45, 7) is 0.819. The zero-order chi connectivity index (χ0) is 20.1. The van der Waals surface area contributed by atoms with E-state index in [9.17, 15) is 14.4 Å². The molecule has 0 fully saturated rings. The molecular weight excluding hydrogens is 362 g/mol. The molecule has 0 radical (unpaired) electrons. The van der Waals surface area contributed by atoms with Crippen LogP contribution >= 0.6 is 0 Å². The van der Waals surface area contributed by atoms with Crippen molar-refractivity contribution in [3.05, 3.63) is 64.7 Å². The van der Waals surface area contributed by atoms with E-state index in [0.717, 1.165) is 16.7 Å². The van der Waals surface area contributed by atoms with Crippen molar-refractivity contribution in [2.24, 2.45) is 5.73 Å². The molecule has 3 amide bonds. The Bertz CT molecular complexity index is 895. The van der Waals surface area contributed by atoms with E-state index in [1.54, 1.807) is 12.1 Å². The Morgan fingerprint density at radius 3 is 2.54 bits per heavy atom. The number of hydrogen-bond donors (Lipinski definition) is 3. The number of carboxylic acids is 1. The highest BCUT2D eigenvalue weighted by Crippen LogP contribution is 2.24. The SMILES string of the molecule is NC(=O)NCc1ccc(COc2ccc3c(c2)CCN(CC(=O)O)C3=O)cc1. The van der Waals surface area contributed by atoms with Crippen molar-refractivity contribution in [1.82, 2.24) is 10.2 Å². The van der Waals surface area contributed by atoms with Gasteiger partial charge in [0.2, 0.25) is 0 Å². The largest absolute Gasteiger partial charge is 0.489 e. The first-order valence-electron chi connectivity index (χ1n) is 8.80. The number of carbonyl (C=O) groups excluding carboxylic acids is 2. The lowest BCUT2D eigenvalue weighted by atomic mass is 9.98. The summed E-state index contributed by atoms with van der Waals surface area (Å²) in [4.78, 5) is 35.3. The monoisotopic (exact) mass is 383 g/mol. The number of fused-ring (bicyclic) bond motifs is 1. The van der Waals surface area contributed by atoms with Crippen LogP contribution in [-0.2, 0) is 24.4 Å². The second-order valence-electron chi connectivity index (χ2n) is 6.51. The standard InChI is InChI=1S/C20H21N3O5/c21-20(27)22-10-13-1-3-14(4-2-13)12-28-16-5-6-17-15(9-16)7-8-23(19(17)26)11-18(24)25/h1-6,9H,7-8,10-12H2,(H,24,25)(H3,21,22,27). The van der Waals surface area contributed by atoms with Crippen LogP contribution in [0.15, 0.2) is 42.5 Å². The number of nitrogens with two attached hydrogens (primary N) is 1. The molecular formula is C20H21N3O5. The first-order chi connectivity index (χ1) is 13.4. The minimum Gasteiger partial charge on any atom is -0.489 e. The highest BCUT2D eigenvalue weighted by atomic mass is 16.5. The van der Waals surface area contributed by atoms with Gasteiger partial charge >= 0.3 is 12.0 Å². The molecule has 0 aliphatic carbocycles. The van der Waals surface area contributed by atoms with E-state index in [1.165, 1.54) is 4.90 Å². The third-order valence-electron chi connectivity index (χ3n) is 4.47. The van der Waals surface area contributed by atoms with Gasteiger partial charge in [0, 0.05) is 18.7 Å². The summed E-state index contributed by atoms with van der Waals surface area (Å²) in [6.07, 6.45) is 0.590. The second kappa shape index (κ2) is 8.43. The van der Waals surface area contributed by atoms with Crippen molar-refractivity contribution in [3.63, 3.8) is 0 Å². The number of carboxylic acid groups (broad SMARTS) is 1. The molecule has 8 heteroatoms. The fourth-order valence-corrected chi connectivity index (χ4v) is 3.03. The summed E-state index contributed by atoms with van der Waals surface area (Å²) in [5.74, 6) is -0.638. The van der Waals surface area contributed by atoms with Crippen molar-refractivity contribution in [2.45, 2.75) is 19.6 Å². The zero-order valence-corrected chi connectivity index (χ0v) is 15.2. The van der Waals surface area contributed by atoms with Gasteiger partial charge in [0.25, 0.3) is 5.91 Å². The number of aliphatic carboxylic acids is 1. The Hall–Kier alpha value is -3.55. The van der Waals surface area contributed by atoms with Gasteiger partial charge in [-0.15, -0.1) is 0 Å². The Morgan fingerprint density at radius 2 is 1.86 bits per heavy atom. The van der Waals surface area contributed by atoms with Gasteiger partial charge in [-0.2, -0.15) is 0 Å². The van der Waals surface area contributed by atoms with E-state index in [-0.39, 0.29) is 12.5 Å². The highest BCUT2D eigenvalue weighted by Gasteiger charge is 2.26. The molecule has 0 aromatic heterocycles. The number of amides is 3. The van der Waals surface area contributed by atoms with Crippen LogP contribution in [-0.4, -0.2) is 41.0 Å². The number of nitrogens with one attached hydrogen (secondary N) is 1. The molecule has 1 heterocycles. The molecule has 1 aliphatic rings. The van der Waals surface area contributed by atoms with Crippen molar-refractivity contribution >= 4 is 17.9 Å². The quantitative estimate of drug-likeness (QED) is 0.669. The Labute approximate surface area is 161 Å². The highest BCUT2D eigenvalue weighted by molar-refractivity contribution is 5.98. The number of urea groups is 1. The third-order valence-corrected chi connectivity index (χ3v) is 4.47. The fraction of sp³-hybridized carbons (Fsp3) is 0.250. The molecule has 3 rings (SSSR count). The van der Waals surface area contributed by atoms with Gasteiger partial charge in [-0.1, -0.05) is 24.3 Å². The van der Waals surface area contributed by atoms with Gasteiger partial charge in [0.05, 0.1) is 0 Å². The number of hydrogen-bond acceptors (Lipinski definition) is 4. The van der Waals surface area contributed by atoms with Crippen LogP contribution in [0.4, 0.5) is 4.79 Å². The minimum atomic E-state index is -1.02. The molecule has 0 saturated carbocycles. The van der Waals surface area contributed by atoms with Crippen molar-refractivity contribution in [2.75, 3.05) is 13.1 Å². The van der Waals surface area contributed by atoms with Gasteiger partial charge in [0.1, 0.15) is 18.9 Å². The zero-order valence-electron chi connectivity index (χ0n) is 15.2. The Morgan fingerprint density at radius 1 is 1.14 bits per heavy atom. The molecule has 0 spiro atoms. The lowest BCUT2D eigenvalue weighted by Crippen LogP contribution is -2.40. The van der Waals surface area contributed by atoms with Crippen LogP contribution in [0.5, 0.6) is 5.75 Å². The van der Waals surface area contributed by atoms with Crippen LogP contribution in [0.1, 0.15) is 27.0 Å². The number of nitrogens with zero attached hydrogens (tertiary/aromatic N) is 1. The number of carbonyl (C=O) groups is 3. The summed E-state index contributed by atoms with van der Waals surface area (Å²) in [7, 11) is 0. The van der Waals surface area contributed by atoms with E-state index in [0.29, 0.717) is 37.4 Å². The first-order valence-corrected chi connectivity index (χ1v) is 8.80. The Balaban J connectivity index is 1.60. The maximum Gasteiger partial charge on any atom is 0.323 e. The van der Waals surface area contributed by atoms with E-state index in [1.807, 2.05) is 30.3 Å². The van der Waals surface area contributed by atoms with Gasteiger partial charge in [-0.25, -0.2) is 4.79 Å². The van der Waals surface area contributed by atoms with Gasteiger partial charge in [-0.3, -0.25) is 9.59 Å². The maximum absolute atomic E-state index is 12.4. The summed E-state index contributed by atoms with van der Waals surface area (Å²) < 4.78 is 5.81. The topological polar surface area (TPSA) is 122 Å². The van der Waals surface area contributed by atoms with Crippen molar-refractivity contribution < 1.29 is 24.2 Å². The van der Waals surface area contributed by atoms with Gasteiger partial charge in [-0.05, 0) is 41.3 Å². The molecule has 0 bridgehead atoms. The fourth-order valence-electron chi connectivity index (χ4n) is 3.03. The molecule has 28 heavy (non-hydrogen) atoms. The van der Waals surface area contributed by atoms with Crippen LogP contribution in [0.25, 0.3) is 0 Å².